The van der Waals surface area contributed by atoms with Crippen LogP contribution in [0.3, 0.4) is 0 Å². The van der Waals surface area contributed by atoms with Crippen molar-refractivity contribution in [2.75, 3.05) is 25.0 Å². The summed E-state index contributed by atoms with van der Waals surface area (Å²) in [5.74, 6) is 0.799. The highest BCUT2D eigenvalue weighted by Gasteiger charge is 2.16. The van der Waals surface area contributed by atoms with Crippen LogP contribution in [0.2, 0.25) is 0 Å². The van der Waals surface area contributed by atoms with Gasteiger partial charge in [-0.15, -0.1) is 10.2 Å². The van der Waals surface area contributed by atoms with Crippen molar-refractivity contribution in [1.29, 1.82) is 0 Å². The lowest BCUT2D eigenvalue weighted by molar-refractivity contribution is 0.225. The molecule has 0 saturated heterocycles. The molecule has 2 heterocycles. The first-order valence-electron chi connectivity index (χ1n) is 6.40. The van der Waals surface area contributed by atoms with Gasteiger partial charge in [0.15, 0.2) is 0 Å². The summed E-state index contributed by atoms with van der Waals surface area (Å²) >= 11 is 0. The molecule has 0 fully saturated rings. The highest BCUT2D eigenvalue weighted by Crippen LogP contribution is 2.10. The van der Waals surface area contributed by atoms with E-state index in [1.807, 2.05) is 6.07 Å². The predicted molar refractivity (Wildman–Crippen MR) is 70.2 cm³/mol. The quantitative estimate of drug-likeness (QED) is 0.902. The summed E-state index contributed by atoms with van der Waals surface area (Å²) in [7, 11) is 0. The minimum Gasteiger partial charge on any atom is -0.384 e. The van der Waals surface area contributed by atoms with E-state index in [4.69, 9.17) is 0 Å². The third kappa shape index (κ3) is 2.90. The maximum Gasteiger partial charge on any atom is 0.147 e. The average Bonchev–Trinajstić information content (AvgIpc) is 2.86. The van der Waals surface area contributed by atoms with Gasteiger partial charge in [-0.25, -0.2) is 4.39 Å². The molecule has 5 nitrogen and oxygen atoms in total. The van der Waals surface area contributed by atoms with E-state index in [9.17, 15) is 4.39 Å². The van der Waals surface area contributed by atoms with Gasteiger partial charge >= 0.3 is 0 Å². The summed E-state index contributed by atoms with van der Waals surface area (Å²) in [5.41, 5.74) is 0.820. The largest absolute Gasteiger partial charge is 0.384 e. The van der Waals surface area contributed by atoms with Crippen molar-refractivity contribution in [1.82, 2.24) is 19.7 Å². The fraction of sp³-hybridized carbons (Fsp3) is 0.385. The van der Waals surface area contributed by atoms with E-state index in [1.165, 1.54) is 12.1 Å². The van der Waals surface area contributed by atoms with Crippen LogP contribution in [0, 0.1) is 5.82 Å². The molecule has 6 heteroatoms. The van der Waals surface area contributed by atoms with Gasteiger partial charge in [0.05, 0.1) is 6.54 Å². The SMILES string of the molecule is Fc1cccc(NCCN2CCn3cnnc3C2)c1. The highest BCUT2D eigenvalue weighted by molar-refractivity contribution is 5.42. The second-order valence-corrected chi connectivity index (χ2v) is 4.65. The molecule has 19 heavy (non-hydrogen) atoms. The van der Waals surface area contributed by atoms with Crippen LogP contribution in [-0.4, -0.2) is 39.3 Å². The number of benzene rings is 1. The van der Waals surface area contributed by atoms with E-state index in [-0.39, 0.29) is 5.82 Å². The minimum absolute atomic E-state index is 0.212. The predicted octanol–water partition coefficient (Wildman–Crippen LogP) is 1.34. The third-order valence-electron chi connectivity index (χ3n) is 3.30. The Kier molecular flexibility index (Phi) is 3.41. The minimum atomic E-state index is -0.212. The molecule has 1 aliphatic heterocycles. The van der Waals surface area contributed by atoms with Crippen LogP contribution < -0.4 is 5.32 Å². The van der Waals surface area contributed by atoms with Crippen molar-refractivity contribution >= 4 is 5.69 Å². The Morgan fingerprint density at radius 3 is 3.16 bits per heavy atom. The lowest BCUT2D eigenvalue weighted by Gasteiger charge is -2.26. The summed E-state index contributed by atoms with van der Waals surface area (Å²) in [6, 6.07) is 6.53. The maximum absolute atomic E-state index is 13.0. The topological polar surface area (TPSA) is 46.0 Å². The van der Waals surface area contributed by atoms with Crippen LogP contribution in [0.25, 0.3) is 0 Å². The van der Waals surface area contributed by atoms with E-state index < -0.39 is 0 Å². The van der Waals surface area contributed by atoms with Gasteiger partial charge in [-0.2, -0.15) is 0 Å². The fourth-order valence-electron chi connectivity index (χ4n) is 2.26. The van der Waals surface area contributed by atoms with Crippen LogP contribution in [0.4, 0.5) is 10.1 Å². The second kappa shape index (κ2) is 5.36. The van der Waals surface area contributed by atoms with Gasteiger partial charge in [0.1, 0.15) is 18.0 Å². The standard InChI is InChI=1S/C13H16FN5/c14-11-2-1-3-12(8-11)15-4-5-18-6-7-19-10-16-17-13(19)9-18/h1-3,8,10,15H,4-7,9H2. The van der Waals surface area contributed by atoms with E-state index in [0.29, 0.717) is 0 Å². The van der Waals surface area contributed by atoms with Gasteiger partial charge in [0, 0.05) is 31.9 Å². The molecule has 0 saturated carbocycles. The summed E-state index contributed by atoms with van der Waals surface area (Å²) in [6.45, 7) is 4.45. The van der Waals surface area contributed by atoms with Crippen LogP contribution >= 0.6 is 0 Å². The molecule has 3 rings (SSSR count). The van der Waals surface area contributed by atoms with Crippen LogP contribution in [0.5, 0.6) is 0 Å². The molecule has 0 unspecified atom stereocenters. The number of fused-ring (bicyclic) bond motifs is 1. The van der Waals surface area contributed by atoms with Gasteiger partial charge < -0.3 is 9.88 Å². The Bertz CT molecular complexity index is 553. The molecular weight excluding hydrogens is 245 g/mol. The zero-order chi connectivity index (χ0) is 13.1. The molecule has 0 atom stereocenters. The van der Waals surface area contributed by atoms with Crippen molar-refractivity contribution in [2.45, 2.75) is 13.1 Å². The zero-order valence-corrected chi connectivity index (χ0v) is 10.6. The number of halogens is 1. The monoisotopic (exact) mass is 261 g/mol. The third-order valence-corrected chi connectivity index (χ3v) is 3.30. The maximum atomic E-state index is 13.0. The molecule has 1 aliphatic rings. The Balaban J connectivity index is 1.49. The van der Waals surface area contributed by atoms with Gasteiger partial charge in [-0.1, -0.05) is 6.07 Å². The van der Waals surface area contributed by atoms with Gasteiger partial charge in [0.2, 0.25) is 0 Å². The van der Waals surface area contributed by atoms with E-state index >= 15 is 0 Å². The lowest BCUT2D eigenvalue weighted by atomic mass is 10.3. The number of hydrogen-bond donors (Lipinski definition) is 1. The number of nitrogens with one attached hydrogen (secondary N) is 1. The normalized spacial score (nSPS) is 15.2. The molecule has 1 aromatic carbocycles. The van der Waals surface area contributed by atoms with E-state index in [2.05, 4.69) is 25.0 Å². The first-order valence-corrected chi connectivity index (χ1v) is 6.40. The summed E-state index contributed by atoms with van der Waals surface area (Å²) in [4.78, 5) is 2.32. The first kappa shape index (κ1) is 12.1. The summed E-state index contributed by atoms with van der Waals surface area (Å²) in [6.07, 6.45) is 1.78. The molecule has 1 aromatic heterocycles. The summed E-state index contributed by atoms with van der Waals surface area (Å²) in [5, 5.41) is 11.2. The number of anilines is 1. The number of hydrogen-bond acceptors (Lipinski definition) is 4. The van der Waals surface area contributed by atoms with Crippen molar-refractivity contribution in [3.63, 3.8) is 0 Å². The van der Waals surface area contributed by atoms with Gasteiger partial charge in [-0.05, 0) is 18.2 Å². The van der Waals surface area contributed by atoms with Crippen molar-refractivity contribution in [3.8, 4) is 0 Å². The number of nitrogens with zero attached hydrogens (tertiary/aromatic N) is 4. The second-order valence-electron chi connectivity index (χ2n) is 4.65. The molecule has 0 radical (unpaired) electrons. The molecule has 100 valence electrons. The van der Waals surface area contributed by atoms with Gasteiger partial charge in [-0.3, -0.25) is 4.90 Å². The van der Waals surface area contributed by atoms with Crippen molar-refractivity contribution in [2.24, 2.45) is 0 Å². The number of rotatable bonds is 4. The Morgan fingerprint density at radius 1 is 1.32 bits per heavy atom. The van der Waals surface area contributed by atoms with E-state index in [1.54, 1.807) is 12.4 Å². The molecule has 1 N–H and O–H groups in total. The lowest BCUT2D eigenvalue weighted by Crippen LogP contribution is -2.36. The van der Waals surface area contributed by atoms with Crippen LogP contribution in [0.15, 0.2) is 30.6 Å². The molecular formula is C13H16FN5. The van der Waals surface area contributed by atoms with Crippen molar-refractivity contribution < 1.29 is 4.39 Å². The molecule has 0 aliphatic carbocycles. The van der Waals surface area contributed by atoms with Crippen LogP contribution in [0.1, 0.15) is 5.82 Å². The highest BCUT2D eigenvalue weighted by atomic mass is 19.1. The van der Waals surface area contributed by atoms with Gasteiger partial charge in [0.25, 0.3) is 0 Å². The van der Waals surface area contributed by atoms with Crippen molar-refractivity contribution in [3.05, 3.63) is 42.2 Å². The zero-order valence-electron chi connectivity index (χ0n) is 10.6. The number of aromatic nitrogens is 3. The fourth-order valence-corrected chi connectivity index (χ4v) is 2.26. The summed E-state index contributed by atoms with van der Waals surface area (Å²) < 4.78 is 15.1. The average molecular weight is 261 g/mol. The smallest absolute Gasteiger partial charge is 0.147 e. The Labute approximate surface area is 111 Å². The van der Waals surface area contributed by atoms with E-state index in [0.717, 1.165) is 44.2 Å². The van der Waals surface area contributed by atoms with Crippen LogP contribution in [-0.2, 0) is 13.1 Å². The molecule has 0 bridgehead atoms. The Morgan fingerprint density at radius 2 is 2.26 bits per heavy atom. The molecule has 0 amide bonds. The molecule has 2 aromatic rings. The Hall–Kier alpha value is -1.95. The molecule has 0 spiro atoms. The first-order chi connectivity index (χ1) is 9.31.